The molecule has 2 aromatic heterocycles. The Labute approximate surface area is 151 Å². The molecule has 0 atom stereocenters. The quantitative estimate of drug-likeness (QED) is 0.568. The van der Waals surface area contributed by atoms with Crippen LogP contribution in [-0.2, 0) is 6.42 Å². The highest BCUT2D eigenvalue weighted by molar-refractivity contribution is 5.99. The number of methoxy groups -OCH3 is 1. The highest BCUT2D eigenvalue weighted by atomic mass is 16.5. The monoisotopic (exact) mass is 348 g/mol. The number of nitrogens with one attached hydrogen (secondary N) is 2. The molecule has 4 rings (SSSR count). The molecule has 1 amide bonds. The summed E-state index contributed by atoms with van der Waals surface area (Å²) < 4.78 is 11.0. The van der Waals surface area contributed by atoms with Gasteiger partial charge in [-0.1, -0.05) is 18.2 Å². The normalized spacial score (nSPS) is 11.2. The summed E-state index contributed by atoms with van der Waals surface area (Å²) in [5.74, 6) is 0.900. The van der Waals surface area contributed by atoms with Crippen LogP contribution in [0.25, 0.3) is 21.9 Å². The van der Waals surface area contributed by atoms with Crippen molar-refractivity contribution in [3.63, 3.8) is 0 Å². The molecule has 2 aromatic carbocycles. The predicted octanol–water partition coefficient (Wildman–Crippen LogP) is 4.20. The van der Waals surface area contributed by atoms with E-state index in [0.717, 1.165) is 28.6 Å². The maximum absolute atomic E-state index is 12.5. The number of furan rings is 1. The number of rotatable bonds is 5. The zero-order valence-electron chi connectivity index (χ0n) is 14.8. The number of carbonyl (C=O) groups is 1. The number of ether oxygens (including phenoxy) is 1. The first kappa shape index (κ1) is 16.3. The summed E-state index contributed by atoms with van der Waals surface area (Å²) in [6, 6.07) is 13.7. The number of hydrogen-bond acceptors (Lipinski definition) is 3. The minimum Gasteiger partial charge on any atom is -0.497 e. The molecule has 5 nitrogen and oxygen atoms in total. The van der Waals surface area contributed by atoms with Gasteiger partial charge in [-0.2, -0.15) is 0 Å². The number of carbonyl (C=O) groups excluding carboxylic acids is 1. The Morgan fingerprint density at radius 2 is 2.04 bits per heavy atom. The molecule has 0 fully saturated rings. The van der Waals surface area contributed by atoms with E-state index in [9.17, 15) is 4.79 Å². The van der Waals surface area contributed by atoms with Crippen molar-refractivity contribution in [2.24, 2.45) is 0 Å². The predicted molar refractivity (Wildman–Crippen MR) is 102 cm³/mol. The maximum Gasteiger partial charge on any atom is 0.287 e. The summed E-state index contributed by atoms with van der Waals surface area (Å²) in [5, 5.41) is 5.04. The van der Waals surface area contributed by atoms with Crippen LogP contribution in [0.3, 0.4) is 0 Å². The van der Waals surface area contributed by atoms with Gasteiger partial charge in [-0.3, -0.25) is 4.79 Å². The Bertz CT molecular complexity index is 1090. The van der Waals surface area contributed by atoms with Crippen molar-refractivity contribution in [1.82, 2.24) is 10.3 Å². The SMILES string of the molecule is COc1ccc2oc(C(=O)NCCc3c[nH]c4ccccc34)c(C)c2c1. The molecule has 0 aliphatic carbocycles. The van der Waals surface area contributed by atoms with Crippen LogP contribution in [0.1, 0.15) is 21.7 Å². The lowest BCUT2D eigenvalue weighted by molar-refractivity contribution is 0.0928. The third-order valence-corrected chi connectivity index (χ3v) is 4.70. The Morgan fingerprint density at radius 3 is 2.88 bits per heavy atom. The fourth-order valence-electron chi connectivity index (χ4n) is 3.27. The first-order valence-corrected chi connectivity index (χ1v) is 8.57. The van der Waals surface area contributed by atoms with Gasteiger partial charge in [0.1, 0.15) is 11.3 Å². The molecule has 0 spiro atoms. The standard InChI is InChI=1S/C21H20N2O3/c1-13-17-11-15(25-2)7-8-19(17)26-20(13)21(24)22-10-9-14-12-23-18-6-4-3-5-16(14)18/h3-8,11-12,23H,9-10H2,1-2H3,(H,22,24). The van der Waals surface area contributed by atoms with E-state index in [4.69, 9.17) is 9.15 Å². The molecule has 0 saturated carbocycles. The molecule has 0 bridgehead atoms. The van der Waals surface area contributed by atoms with Crippen LogP contribution in [0.15, 0.2) is 53.1 Å². The molecular weight excluding hydrogens is 328 g/mol. The van der Waals surface area contributed by atoms with E-state index < -0.39 is 0 Å². The molecule has 0 aliphatic rings. The molecule has 0 aliphatic heterocycles. The second kappa shape index (κ2) is 6.59. The van der Waals surface area contributed by atoms with Crippen molar-refractivity contribution in [2.75, 3.05) is 13.7 Å². The molecule has 4 aromatic rings. The number of aromatic amines is 1. The van der Waals surface area contributed by atoms with E-state index in [1.165, 1.54) is 10.9 Å². The number of amides is 1. The van der Waals surface area contributed by atoms with Crippen molar-refractivity contribution in [2.45, 2.75) is 13.3 Å². The van der Waals surface area contributed by atoms with Crippen LogP contribution in [0.4, 0.5) is 0 Å². The zero-order chi connectivity index (χ0) is 18.1. The van der Waals surface area contributed by atoms with Gasteiger partial charge in [-0.15, -0.1) is 0 Å². The van der Waals surface area contributed by atoms with Gasteiger partial charge in [-0.05, 0) is 43.2 Å². The first-order valence-electron chi connectivity index (χ1n) is 8.57. The van der Waals surface area contributed by atoms with Gasteiger partial charge in [0.15, 0.2) is 5.76 Å². The highest BCUT2D eigenvalue weighted by Gasteiger charge is 2.18. The Morgan fingerprint density at radius 1 is 1.19 bits per heavy atom. The van der Waals surface area contributed by atoms with Gasteiger partial charge in [0.25, 0.3) is 5.91 Å². The average molecular weight is 348 g/mol. The van der Waals surface area contributed by atoms with Crippen LogP contribution in [0.5, 0.6) is 5.75 Å². The van der Waals surface area contributed by atoms with Crippen LogP contribution in [0, 0.1) is 6.92 Å². The number of aryl methyl sites for hydroxylation is 1. The van der Waals surface area contributed by atoms with Crippen molar-refractivity contribution < 1.29 is 13.9 Å². The third kappa shape index (κ3) is 2.81. The highest BCUT2D eigenvalue weighted by Crippen LogP contribution is 2.28. The lowest BCUT2D eigenvalue weighted by Crippen LogP contribution is -2.25. The van der Waals surface area contributed by atoms with Gasteiger partial charge in [0, 0.05) is 34.6 Å². The third-order valence-electron chi connectivity index (χ3n) is 4.70. The van der Waals surface area contributed by atoms with Crippen molar-refractivity contribution in [1.29, 1.82) is 0 Å². The van der Waals surface area contributed by atoms with E-state index in [0.29, 0.717) is 17.9 Å². The van der Waals surface area contributed by atoms with Crippen molar-refractivity contribution >= 4 is 27.8 Å². The van der Waals surface area contributed by atoms with Crippen LogP contribution >= 0.6 is 0 Å². The summed E-state index contributed by atoms with van der Waals surface area (Å²) in [7, 11) is 1.62. The topological polar surface area (TPSA) is 67.3 Å². The lowest BCUT2D eigenvalue weighted by Gasteiger charge is -2.03. The maximum atomic E-state index is 12.5. The number of para-hydroxylation sites is 1. The molecule has 0 unspecified atom stereocenters. The van der Waals surface area contributed by atoms with Crippen LogP contribution in [-0.4, -0.2) is 24.5 Å². The molecule has 5 heteroatoms. The summed E-state index contributed by atoms with van der Waals surface area (Å²) in [5.41, 5.74) is 3.80. The molecular formula is C21H20N2O3. The molecule has 0 saturated heterocycles. The minimum absolute atomic E-state index is 0.197. The van der Waals surface area contributed by atoms with Gasteiger partial charge < -0.3 is 19.5 Å². The number of benzene rings is 2. The molecule has 0 radical (unpaired) electrons. The number of aromatic nitrogens is 1. The van der Waals surface area contributed by atoms with Gasteiger partial charge in [-0.25, -0.2) is 0 Å². The summed E-state index contributed by atoms with van der Waals surface area (Å²) in [4.78, 5) is 15.8. The molecule has 26 heavy (non-hydrogen) atoms. The second-order valence-electron chi connectivity index (χ2n) is 6.28. The first-order chi connectivity index (χ1) is 12.7. The van der Waals surface area contributed by atoms with Crippen molar-refractivity contribution in [3.8, 4) is 5.75 Å². The Hall–Kier alpha value is -3.21. The smallest absolute Gasteiger partial charge is 0.287 e. The van der Waals surface area contributed by atoms with E-state index in [2.05, 4.69) is 16.4 Å². The van der Waals surface area contributed by atoms with E-state index >= 15 is 0 Å². The fourth-order valence-corrected chi connectivity index (χ4v) is 3.27. The Balaban J connectivity index is 1.48. The Kier molecular flexibility index (Phi) is 4.13. The number of H-pyrrole nitrogens is 1. The van der Waals surface area contributed by atoms with Crippen LogP contribution < -0.4 is 10.1 Å². The largest absolute Gasteiger partial charge is 0.497 e. The second-order valence-corrected chi connectivity index (χ2v) is 6.28. The van der Waals surface area contributed by atoms with Gasteiger partial charge >= 0.3 is 0 Å². The molecule has 2 N–H and O–H groups in total. The van der Waals surface area contributed by atoms with E-state index in [1.807, 2.05) is 49.5 Å². The molecule has 2 heterocycles. The summed E-state index contributed by atoms with van der Waals surface area (Å²) >= 11 is 0. The van der Waals surface area contributed by atoms with Crippen LogP contribution in [0.2, 0.25) is 0 Å². The minimum atomic E-state index is -0.197. The number of hydrogen-bond donors (Lipinski definition) is 2. The average Bonchev–Trinajstić information content (AvgIpc) is 3.23. The van der Waals surface area contributed by atoms with E-state index in [1.54, 1.807) is 7.11 Å². The lowest BCUT2D eigenvalue weighted by atomic mass is 10.1. The fraction of sp³-hybridized carbons (Fsp3) is 0.190. The summed E-state index contributed by atoms with van der Waals surface area (Å²) in [6.45, 7) is 2.43. The zero-order valence-corrected chi connectivity index (χ0v) is 14.8. The molecule has 132 valence electrons. The van der Waals surface area contributed by atoms with Crippen molar-refractivity contribution in [3.05, 3.63) is 65.5 Å². The number of fused-ring (bicyclic) bond motifs is 2. The summed E-state index contributed by atoms with van der Waals surface area (Å²) in [6.07, 6.45) is 2.75. The van der Waals surface area contributed by atoms with Gasteiger partial charge in [0.05, 0.1) is 7.11 Å². The van der Waals surface area contributed by atoms with Gasteiger partial charge in [0.2, 0.25) is 0 Å². The van der Waals surface area contributed by atoms with E-state index in [-0.39, 0.29) is 5.91 Å².